The molecule has 100 valence electrons. The molecule has 1 fully saturated rings. The van der Waals surface area contributed by atoms with Crippen LogP contribution in [0.2, 0.25) is 0 Å². The second-order valence-electron chi connectivity index (χ2n) is 4.52. The highest BCUT2D eigenvalue weighted by molar-refractivity contribution is 7.09. The molecule has 2 heterocycles. The van der Waals surface area contributed by atoms with E-state index in [1.807, 2.05) is 11.8 Å². The van der Waals surface area contributed by atoms with Crippen LogP contribution < -0.4 is 5.73 Å². The third-order valence-electron chi connectivity index (χ3n) is 3.01. The van der Waals surface area contributed by atoms with Crippen LogP contribution in [0, 0.1) is 0 Å². The Hall–Kier alpha value is -0.980. The summed E-state index contributed by atoms with van der Waals surface area (Å²) in [6, 6.07) is 0. The van der Waals surface area contributed by atoms with E-state index in [0.717, 1.165) is 11.4 Å². The summed E-state index contributed by atoms with van der Waals surface area (Å²) in [4.78, 5) is 18.4. The van der Waals surface area contributed by atoms with Crippen LogP contribution in [0.1, 0.15) is 35.8 Å². The summed E-state index contributed by atoms with van der Waals surface area (Å²) >= 11 is 1.43. The standard InChI is InChI=1S/C12H19N3O2S/c1-3-9-6-15(5-8(2)17-9)12(16)10-7-18-11(4-13)14-10/h7-9H,3-6,13H2,1-2H3. The van der Waals surface area contributed by atoms with Crippen molar-refractivity contribution in [3.63, 3.8) is 0 Å². The van der Waals surface area contributed by atoms with E-state index >= 15 is 0 Å². The van der Waals surface area contributed by atoms with E-state index in [1.165, 1.54) is 11.3 Å². The van der Waals surface area contributed by atoms with Gasteiger partial charge in [-0.25, -0.2) is 4.98 Å². The van der Waals surface area contributed by atoms with E-state index in [2.05, 4.69) is 11.9 Å². The van der Waals surface area contributed by atoms with Gasteiger partial charge in [0.15, 0.2) is 0 Å². The Morgan fingerprint density at radius 3 is 3.06 bits per heavy atom. The second kappa shape index (κ2) is 5.77. The Balaban J connectivity index is 2.07. The molecule has 1 aromatic heterocycles. The monoisotopic (exact) mass is 269 g/mol. The third kappa shape index (κ3) is 2.88. The van der Waals surface area contributed by atoms with Gasteiger partial charge in [-0.15, -0.1) is 11.3 Å². The smallest absolute Gasteiger partial charge is 0.273 e. The Morgan fingerprint density at radius 1 is 1.67 bits per heavy atom. The topological polar surface area (TPSA) is 68.5 Å². The van der Waals surface area contributed by atoms with Crippen LogP contribution in [0.4, 0.5) is 0 Å². The maximum Gasteiger partial charge on any atom is 0.273 e. The van der Waals surface area contributed by atoms with Crippen LogP contribution in [0.5, 0.6) is 0 Å². The van der Waals surface area contributed by atoms with Gasteiger partial charge in [-0.3, -0.25) is 4.79 Å². The average molecular weight is 269 g/mol. The highest BCUT2D eigenvalue weighted by atomic mass is 32.1. The lowest BCUT2D eigenvalue weighted by atomic mass is 10.1. The lowest BCUT2D eigenvalue weighted by Crippen LogP contribution is -2.49. The quantitative estimate of drug-likeness (QED) is 0.896. The predicted molar refractivity (Wildman–Crippen MR) is 70.5 cm³/mol. The van der Waals surface area contributed by atoms with Crippen molar-refractivity contribution < 1.29 is 9.53 Å². The number of morpholine rings is 1. The van der Waals surface area contributed by atoms with Crippen molar-refractivity contribution in [1.29, 1.82) is 0 Å². The van der Waals surface area contributed by atoms with E-state index in [0.29, 0.717) is 25.3 Å². The van der Waals surface area contributed by atoms with E-state index in [-0.39, 0.29) is 18.1 Å². The number of carbonyl (C=O) groups excluding carboxylic acids is 1. The summed E-state index contributed by atoms with van der Waals surface area (Å²) in [7, 11) is 0. The van der Waals surface area contributed by atoms with Gasteiger partial charge in [0.2, 0.25) is 0 Å². The summed E-state index contributed by atoms with van der Waals surface area (Å²) in [5.41, 5.74) is 6.01. The number of hydrogen-bond donors (Lipinski definition) is 1. The van der Waals surface area contributed by atoms with Gasteiger partial charge in [0, 0.05) is 25.0 Å². The molecule has 0 aromatic carbocycles. The first-order chi connectivity index (χ1) is 8.63. The first-order valence-electron chi connectivity index (χ1n) is 6.23. The molecule has 0 saturated carbocycles. The van der Waals surface area contributed by atoms with Crippen LogP contribution in [0.25, 0.3) is 0 Å². The normalized spacial score (nSPS) is 24.3. The van der Waals surface area contributed by atoms with Gasteiger partial charge in [0.25, 0.3) is 5.91 Å². The Bertz CT molecular complexity index is 421. The van der Waals surface area contributed by atoms with Gasteiger partial charge >= 0.3 is 0 Å². The molecule has 0 bridgehead atoms. The molecule has 18 heavy (non-hydrogen) atoms. The van der Waals surface area contributed by atoms with Gasteiger partial charge in [-0.2, -0.15) is 0 Å². The molecule has 2 N–H and O–H groups in total. The molecule has 1 saturated heterocycles. The summed E-state index contributed by atoms with van der Waals surface area (Å²) in [6.07, 6.45) is 1.13. The number of thiazole rings is 1. The minimum Gasteiger partial charge on any atom is -0.372 e. The summed E-state index contributed by atoms with van der Waals surface area (Å²) in [5, 5.41) is 2.58. The van der Waals surface area contributed by atoms with Gasteiger partial charge in [0.05, 0.1) is 12.2 Å². The molecule has 5 nitrogen and oxygen atoms in total. The van der Waals surface area contributed by atoms with Crippen molar-refractivity contribution in [3.05, 3.63) is 16.1 Å². The third-order valence-corrected chi connectivity index (χ3v) is 3.89. The van der Waals surface area contributed by atoms with E-state index in [4.69, 9.17) is 10.5 Å². The van der Waals surface area contributed by atoms with Crippen LogP contribution in [-0.2, 0) is 11.3 Å². The number of ether oxygens (including phenoxy) is 1. The number of rotatable bonds is 3. The summed E-state index contributed by atoms with van der Waals surface area (Å²) in [5.74, 6) is -0.0143. The SMILES string of the molecule is CCC1CN(C(=O)c2csc(CN)n2)CC(C)O1. The minimum atomic E-state index is -0.0143. The fourth-order valence-corrected chi connectivity index (χ4v) is 2.75. The van der Waals surface area contributed by atoms with Crippen LogP contribution >= 0.6 is 11.3 Å². The molecule has 0 spiro atoms. The molecule has 1 aliphatic heterocycles. The van der Waals surface area contributed by atoms with Crippen LogP contribution in [0.15, 0.2) is 5.38 Å². The molecule has 6 heteroatoms. The molecule has 2 atom stereocenters. The van der Waals surface area contributed by atoms with E-state index < -0.39 is 0 Å². The maximum atomic E-state index is 12.3. The molecule has 1 aliphatic rings. The van der Waals surface area contributed by atoms with Crippen LogP contribution in [0.3, 0.4) is 0 Å². The lowest BCUT2D eigenvalue weighted by Gasteiger charge is -2.36. The van der Waals surface area contributed by atoms with Crippen molar-refractivity contribution in [2.24, 2.45) is 5.73 Å². The fourth-order valence-electron chi connectivity index (χ4n) is 2.10. The van der Waals surface area contributed by atoms with Gasteiger partial charge in [-0.1, -0.05) is 6.92 Å². The highest BCUT2D eigenvalue weighted by Gasteiger charge is 2.28. The van der Waals surface area contributed by atoms with Crippen LogP contribution in [-0.4, -0.2) is 41.1 Å². The Kier molecular flexibility index (Phi) is 4.31. The first-order valence-corrected chi connectivity index (χ1v) is 7.11. The lowest BCUT2D eigenvalue weighted by molar-refractivity contribution is -0.0682. The zero-order valence-electron chi connectivity index (χ0n) is 10.8. The maximum absolute atomic E-state index is 12.3. The zero-order valence-corrected chi connectivity index (χ0v) is 11.6. The predicted octanol–water partition coefficient (Wildman–Crippen LogP) is 1.24. The van der Waals surface area contributed by atoms with Crippen molar-refractivity contribution in [2.45, 2.75) is 39.0 Å². The number of hydrogen-bond acceptors (Lipinski definition) is 5. The number of amides is 1. The van der Waals surface area contributed by atoms with Gasteiger partial charge in [-0.05, 0) is 13.3 Å². The molecular weight excluding hydrogens is 250 g/mol. The first kappa shape index (κ1) is 13.5. The molecule has 1 aromatic rings. The Morgan fingerprint density at radius 2 is 2.44 bits per heavy atom. The average Bonchev–Trinajstić information content (AvgIpc) is 2.85. The molecule has 2 unspecified atom stereocenters. The molecule has 1 amide bonds. The number of aromatic nitrogens is 1. The highest BCUT2D eigenvalue weighted by Crippen LogP contribution is 2.17. The molecule has 0 aliphatic carbocycles. The molecular formula is C12H19N3O2S. The fraction of sp³-hybridized carbons (Fsp3) is 0.667. The van der Waals surface area contributed by atoms with Crippen molar-refractivity contribution in [3.8, 4) is 0 Å². The largest absolute Gasteiger partial charge is 0.372 e. The summed E-state index contributed by atoms with van der Waals surface area (Å²) in [6.45, 7) is 5.73. The minimum absolute atomic E-state index is 0.0143. The zero-order chi connectivity index (χ0) is 13.1. The van der Waals surface area contributed by atoms with Crippen molar-refractivity contribution in [2.75, 3.05) is 13.1 Å². The Labute approximate surface area is 111 Å². The van der Waals surface area contributed by atoms with Crippen molar-refractivity contribution in [1.82, 2.24) is 9.88 Å². The van der Waals surface area contributed by atoms with E-state index in [1.54, 1.807) is 5.38 Å². The number of nitrogens with zero attached hydrogens (tertiary/aromatic N) is 2. The van der Waals surface area contributed by atoms with Gasteiger partial charge < -0.3 is 15.4 Å². The molecule has 0 radical (unpaired) electrons. The van der Waals surface area contributed by atoms with Crippen molar-refractivity contribution >= 4 is 17.2 Å². The van der Waals surface area contributed by atoms with E-state index in [9.17, 15) is 4.79 Å². The molecule has 2 rings (SSSR count). The second-order valence-corrected chi connectivity index (χ2v) is 5.46. The summed E-state index contributed by atoms with van der Waals surface area (Å²) < 4.78 is 5.75. The van der Waals surface area contributed by atoms with Gasteiger partial charge in [0.1, 0.15) is 10.7 Å². The number of nitrogens with two attached hydrogens (primary N) is 1. The number of carbonyl (C=O) groups is 1.